The smallest absolute Gasteiger partial charge is 0.322 e. The van der Waals surface area contributed by atoms with Gasteiger partial charge in [-0.1, -0.05) is 13.8 Å². The number of nitrogens with zero attached hydrogens (tertiary/aromatic N) is 1. The predicted octanol–water partition coefficient (Wildman–Crippen LogP) is -1.10. The molecule has 164 valence electrons. The van der Waals surface area contributed by atoms with Gasteiger partial charge in [0.1, 0.15) is 18.6 Å². The van der Waals surface area contributed by atoms with Gasteiger partial charge in [-0.2, -0.15) is 0 Å². The van der Waals surface area contributed by atoms with Gasteiger partial charge >= 0.3 is 11.9 Å². The number of carboxylic acid groups (broad SMARTS) is 2. The van der Waals surface area contributed by atoms with Crippen LogP contribution in [0.5, 0.6) is 0 Å². The van der Waals surface area contributed by atoms with Gasteiger partial charge in [-0.25, -0.2) is 0 Å². The van der Waals surface area contributed by atoms with Gasteiger partial charge in [-0.15, -0.1) is 0 Å². The van der Waals surface area contributed by atoms with Crippen LogP contribution in [0.2, 0.25) is 0 Å². The summed E-state index contributed by atoms with van der Waals surface area (Å²) in [6, 6.07) is -2.84. The van der Waals surface area contributed by atoms with Crippen LogP contribution in [0.4, 0.5) is 0 Å². The van der Waals surface area contributed by atoms with E-state index in [4.69, 9.17) is 15.9 Å². The normalized spacial score (nSPS) is 18.2. The molecule has 0 aromatic rings. The van der Waals surface area contributed by atoms with Crippen LogP contribution in [-0.2, 0) is 24.0 Å². The Morgan fingerprint density at radius 2 is 1.79 bits per heavy atom. The first-order chi connectivity index (χ1) is 13.5. The Bertz CT molecular complexity index is 638. The number of nitrogens with two attached hydrogens (primary N) is 1. The molecule has 1 aliphatic heterocycles. The SMILES string of the molecule is CC(C)C[C@H](N)C(=O)N[C@@H](CCC(=O)O)C(=O)N1CCC[C@H]1C(=O)NCC(=O)O. The van der Waals surface area contributed by atoms with Gasteiger partial charge in [0.05, 0.1) is 6.04 Å². The summed E-state index contributed by atoms with van der Waals surface area (Å²) in [6.45, 7) is 3.47. The Hall–Kier alpha value is -2.69. The molecule has 11 nitrogen and oxygen atoms in total. The zero-order valence-corrected chi connectivity index (χ0v) is 16.7. The molecule has 0 bridgehead atoms. The molecule has 3 atom stereocenters. The molecule has 0 aromatic heterocycles. The first kappa shape index (κ1) is 24.3. The number of likely N-dealkylation sites (tertiary alicyclic amines) is 1. The minimum absolute atomic E-state index is 0.145. The zero-order valence-electron chi connectivity index (χ0n) is 16.7. The van der Waals surface area contributed by atoms with Crippen molar-refractivity contribution in [3.63, 3.8) is 0 Å². The third kappa shape index (κ3) is 8.06. The Morgan fingerprint density at radius 3 is 2.34 bits per heavy atom. The summed E-state index contributed by atoms with van der Waals surface area (Å²) in [7, 11) is 0. The second kappa shape index (κ2) is 11.3. The summed E-state index contributed by atoms with van der Waals surface area (Å²) >= 11 is 0. The second-order valence-electron chi connectivity index (χ2n) is 7.53. The van der Waals surface area contributed by atoms with Crippen LogP contribution < -0.4 is 16.4 Å². The number of aliphatic carboxylic acids is 2. The highest BCUT2D eigenvalue weighted by molar-refractivity contribution is 5.94. The molecular formula is C18H30N4O7. The number of hydrogen-bond acceptors (Lipinski definition) is 6. The third-order valence-electron chi connectivity index (χ3n) is 4.58. The van der Waals surface area contributed by atoms with Gasteiger partial charge in [0, 0.05) is 13.0 Å². The maximum atomic E-state index is 13.0. The van der Waals surface area contributed by atoms with Gasteiger partial charge in [0.25, 0.3) is 0 Å². The van der Waals surface area contributed by atoms with Crippen molar-refractivity contribution in [1.82, 2.24) is 15.5 Å². The minimum Gasteiger partial charge on any atom is -0.481 e. The molecule has 1 fully saturated rings. The summed E-state index contributed by atoms with van der Waals surface area (Å²) < 4.78 is 0. The van der Waals surface area contributed by atoms with Crippen molar-refractivity contribution in [2.45, 2.75) is 64.1 Å². The number of amides is 3. The van der Waals surface area contributed by atoms with Gasteiger partial charge in [-0.05, 0) is 31.6 Å². The van der Waals surface area contributed by atoms with Crippen molar-refractivity contribution in [3.05, 3.63) is 0 Å². The Balaban J connectivity index is 2.88. The van der Waals surface area contributed by atoms with E-state index in [1.807, 2.05) is 13.8 Å². The highest BCUT2D eigenvalue weighted by Gasteiger charge is 2.38. The molecule has 3 amide bonds. The average Bonchev–Trinajstić information content (AvgIpc) is 3.11. The lowest BCUT2D eigenvalue weighted by molar-refractivity contribution is -0.143. The maximum absolute atomic E-state index is 13.0. The molecule has 0 radical (unpaired) electrons. The van der Waals surface area contributed by atoms with Crippen LogP contribution in [0, 0.1) is 5.92 Å². The topological polar surface area (TPSA) is 179 Å². The number of rotatable bonds is 11. The van der Waals surface area contributed by atoms with E-state index < -0.39 is 54.3 Å². The number of carbonyl (C=O) groups excluding carboxylic acids is 3. The summed E-state index contributed by atoms with van der Waals surface area (Å²) in [4.78, 5) is 60.4. The maximum Gasteiger partial charge on any atom is 0.322 e. The van der Waals surface area contributed by atoms with E-state index >= 15 is 0 Å². The molecule has 1 rings (SSSR count). The lowest BCUT2D eigenvalue weighted by Crippen LogP contribution is -2.56. The molecule has 1 saturated heterocycles. The molecule has 29 heavy (non-hydrogen) atoms. The first-order valence-corrected chi connectivity index (χ1v) is 9.60. The quantitative estimate of drug-likeness (QED) is 0.283. The fraction of sp³-hybridized carbons (Fsp3) is 0.722. The monoisotopic (exact) mass is 414 g/mol. The van der Waals surface area contributed by atoms with Crippen LogP contribution >= 0.6 is 0 Å². The molecule has 0 aliphatic carbocycles. The Kier molecular flexibility index (Phi) is 9.53. The zero-order chi connectivity index (χ0) is 22.1. The molecule has 6 N–H and O–H groups in total. The van der Waals surface area contributed by atoms with Gasteiger partial charge in [0.2, 0.25) is 17.7 Å². The van der Waals surface area contributed by atoms with Crippen molar-refractivity contribution in [2.24, 2.45) is 11.7 Å². The van der Waals surface area contributed by atoms with E-state index in [1.165, 1.54) is 4.90 Å². The summed E-state index contributed by atoms with van der Waals surface area (Å²) in [5.41, 5.74) is 5.85. The number of hydrogen-bond donors (Lipinski definition) is 5. The fourth-order valence-electron chi connectivity index (χ4n) is 3.20. The van der Waals surface area contributed by atoms with Gasteiger partial charge in [0.15, 0.2) is 0 Å². The van der Waals surface area contributed by atoms with Crippen LogP contribution in [-0.4, -0.2) is 76.0 Å². The minimum atomic E-state index is -1.21. The van der Waals surface area contributed by atoms with Gasteiger partial charge < -0.3 is 31.5 Å². The van der Waals surface area contributed by atoms with E-state index in [1.54, 1.807) is 0 Å². The molecule has 0 aromatic carbocycles. The molecule has 0 spiro atoms. The number of carboxylic acids is 2. The Morgan fingerprint density at radius 1 is 1.14 bits per heavy atom. The van der Waals surface area contributed by atoms with Crippen molar-refractivity contribution in [1.29, 1.82) is 0 Å². The largest absolute Gasteiger partial charge is 0.481 e. The predicted molar refractivity (Wildman–Crippen MR) is 102 cm³/mol. The average molecular weight is 414 g/mol. The van der Waals surface area contributed by atoms with Crippen LogP contribution in [0.1, 0.15) is 46.0 Å². The van der Waals surface area contributed by atoms with Crippen molar-refractivity contribution in [3.8, 4) is 0 Å². The van der Waals surface area contributed by atoms with Crippen molar-refractivity contribution >= 4 is 29.7 Å². The van der Waals surface area contributed by atoms with Crippen LogP contribution in [0.15, 0.2) is 0 Å². The highest BCUT2D eigenvalue weighted by atomic mass is 16.4. The fourth-order valence-corrected chi connectivity index (χ4v) is 3.20. The summed E-state index contributed by atoms with van der Waals surface area (Å²) in [5, 5.41) is 22.4. The summed E-state index contributed by atoms with van der Waals surface area (Å²) in [6.07, 6.45) is 0.788. The third-order valence-corrected chi connectivity index (χ3v) is 4.58. The van der Waals surface area contributed by atoms with Gasteiger partial charge in [-0.3, -0.25) is 24.0 Å². The van der Waals surface area contributed by atoms with Crippen molar-refractivity contribution in [2.75, 3.05) is 13.1 Å². The molecule has 1 aliphatic rings. The molecule has 1 heterocycles. The van der Waals surface area contributed by atoms with Crippen LogP contribution in [0.3, 0.4) is 0 Å². The Labute approximate surface area is 169 Å². The van der Waals surface area contributed by atoms with E-state index in [9.17, 15) is 24.0 Å². The standard InChI is InChI=1S/C18H30N4O7/c1-10(2)8-11(19)16(27)21-12(5-6-14(23)24)18(29)22-7-3-4-13(22)17(28)20-9-15(25)26/h10-13H,3-9,19H2,1-2H3,(H,20,28)(H,21,27)(H,23,24)(H,25,26)/t11-,12-,13-/m0/s1. The van der Waals surface area contributed by atoms with Crippen LogP contribution in [0.25, 0.3) is 0 Å². The molecule has 0 unspecified atom stereocenters. The van der Waals surface area contributed by atoms with E-state index in [-0.39, 0.29) is 25.3 Å². The van der Waals surface area contributed by atoms with E-state index in [2.05, 4.69) is 10.6 Å². The van der Waals surface area contributed by atoms with E-state index in [0.29, 0.717) is 19.3 Å². The van der Waals surface area contributed by atoms with E-state index in [0.717, 1.165) is 0 Å². The second-order valence-corrected chi connectivity index (χ2v) is 7.53. The van der Waals surface area contributed by atoms with Crippen molar-refractivity contribution < 1.29 is 34.2 Å². The molecule has 11 heteroatoms. The summed E-state index contributed by atoms with van der Waals surface area (Å²) in [5.74, 6) is -3.92. The highest BCUT2D eigenvalue weighted by Crippen LogP contribution is 2.20. The lowest BCUT2D eigenvalue weighted by atomic mass is 10.0. The molecule has 0 saturated carbocycles. The number of carbonyl (C=O) groups is 5. The lowest BCUT2D eigenvalue weighted by Gasteiger charge is -2.29. The number of nitrogens with one attached hydrogen (secondary N) is 2. The molecular weight excluding hydrogens is 384 g/mol. The first-order valence-electron chi connectivity index (χ1n) is 9.60.